The molecule has 5 nitrogen and oxygen atoms in total. The second-order valence-electron chi connectivity index (χ2n) is 6.73. The Morgan fingerprint density at radius 1 is 0.828 bits per heavy atom. The van der Waals surface area contributed by atoms with E-state index in [1.807, 2.05) is 73.7 Å². The second-order valence-corrected chi connectivity index (χ2v) is 6.73. The van der Waals surface area contributed by atoms with Crippen molar-refractivity contribution in [3.63, 3.8) is 0 Å². The highest BCUT2D eigenvalue weighted by molar-refractivity contribution is 5.91. The topological polar surface area (TPSA) is 50.8 Å². The van der Waals surface area contributed by atoms with Gasteiger partial charge in [0, 0.05) is 18.7 Å². The Morgan fingerprint density at radius 3 is 1.86 bits per heavy atom. The molecule has 0 heterocycles. The van der Waals surface area contributed by atoms with E-state index in [2.05, 4.69) is 5.32 Å². The van der Waals surface area contributed by atoms with Gasteiger partial charge in [-0.1, -0.05) is 60.7 Å². The first kappa shape index (κ1) is 20.3. The molecule has 0 aliphatic heterocycles. The lowest BCUT2D eigenvalue weighted by Crippen LogP contribution is -2.34. The summed E-state index contributed by atoms with van der Waals surface area (Å²) in [6.45, 7) is 2.90. The summed E-state index contributed by atoms with van der Waals surface area (Å²) in [5.74, 6) is 1.31. The fourth-order valence-corrected chi connectivity index (χ4v) is 3.26. The van der Waals surface area contributed by atoms with Crippen LogP contribution in [0.25, 0.3) is 0 Å². The molecule has 0 fully saturated rings. The van der Waals surface area contributed by atoms with Crippen LogP contribution in [0.15, 0.2) is 72.8 Å². The van der Waals surface area contributed by atoms with E-state index in [-0.39, 0.29) is 6.03 Å². The smallest absolute Gasteiger partial charge is 0.322 e. The molecule has 0 aliphatic carbocycles. The van der Waals surface area contributed by atoms with Crippen LogP contribution in [0.2, 0.25) is 0 Å². The van der Waals surface area contributed by atoms with Gasteiger partial charge in [0.2, 0.25) is 0 Å². The Labute approximate surface area is 171 Å². The molecule has 3 rings (SSSR count). The number of anilines is 1. The Morgan fingerprint density at radius 2 is 1.38 bits per heavy atom. The summed E-state index contributed by atoms with van der Waals surface area (Å²) in [6, 6.07) is 23.3. The molecule has 0 saturated heterocycles. The molecule has 0 aromatic heterocycles. The molecule has 0 bridgehead atoms. The summed E-state index contributed by atoms with van der Waals surface area (Å²) in [7, 11) is 3.20. The fourth-order valence-electron chi connectivity index (χ4n) is 3.26. The summed E-state index contributed by atoms with van der Waals surface area (Å²) in [5, 5.41) is 3.00. The predicted molar refractivity (Wildman–Crippen MR) is 115 cm³/mol. The van der Waals surface area contributed by atoms with Crippen LogP contribution in [0.3, 0.4) is 0 Å². The molecule has 1 N–H and O–H groups in total. The summed E-state index contributed by atoms with van der Waals surface area (Å²) in [5.41, 5.74) is 3.58. The van der Waals surface area contributed by atoms with Crippen LogP contribution in [-0.4, -0.2) is 25.2 Å². The van der Waals surface area contributed by atoms with Crippen molar-refractivity contribution < 1.29 is 14.3 Å². The number of urea groups is 1. The van der Waals surface area contributed by atoms with Gasteiger partial charge >= 0.3 is 6.03 Å². The number of hydrogen-bond donors (Lipinski definition) is 1. The van der Waals surface area contributed by atoms with Crippen molar-refractivity contribution in [2.75, 3.05) is 19.5 Å². The molecule has 150 valence electrons. The number of ether oxygens (including phenoxy) is 2. The Balaban J connectivity index is 1.85. The molecule has 0 atom stereocenters. The average molecular weight is 390 g/mol. The van der Waals surface area contributed by atoms with Crippen LogP contribution in [-0.2, 0) is 13.1 Å². The summed E-state index contributed by atoms with van der Waals surface area (Å²) < 4.78 is 10.9. The van der Waals surface area contributed by atoms with Crippen molar-refractivity contribution in [2.45, 2.75) is 20.0 Å². The number of carbonyl (C=O) groups is 1. The third-order valence-corrected chi connectivity index (χ3v) is 4.74. The van der Waals surface area contributed by atoms with E-state index in [9.17, 15) is 4.79 Å². The van der Waals surface area contributed by atoms with Crippen molar-refractivity contribution in [2.24, 2.45) is 0 Å². The second kappa shape index (κ2) is 9.64. The zero-order valence-electron chi connectivity index (χ0n) is 17.0. The zero-order chi connectivity index (χ0) is 20.6. The summed E-state index contributed by atoms with van der Waals surface area (Å²) in [6.07, 6.45) is 0. The van der Waals surface area contributed by atoms with Crippen LogP contribution >= 0.6 is 0 Å². The number of rotatable bonds is 7. The quantitative estimate of drug-likeness (QED) is 0.600. The van der Waals surface area contributed by atoms with Crippen molar-refractivity contribution in [3.05, 3.63) is 89.5 Å². The van der Waals surface area contributed by atoms with E-state index in [1.54, 1.807) is 25.2 Å². The SMILES string of the molecule is COc1ccc(NC(=O)N(Cc2ccccc2)Cc2ccccc2)c(OC)c1C. The summed E-state index contributed by atoms with van der Waals surface area (Å²) in [4.78, 5) is 15.0. The van der Waals surface area contributed by atoms with Gasteiger partial charge in [-0.3, -0.25) is 0 Å². The first-order chi connectivity index (χ1) is 14.1. The number of nitrogens with zero attached hydrogens (tertiary/aromatic N) is 1. The molecule has 0 saturated carbocycles. The first-order valence-corrected chi connectivity index (χ1v) is 9.47. The number of carbonyl (C=O) groups excluding carboxylic acids is 1. The van der Waals surface area contributed by atoms with E-state index < -0.39 is 0 Å². The molecule has 3 aromatic rings. The number of nitrogens with one attached hydrogen (secondary N) is 1. The van der Waals surface area contributed by atoms with E-state index in [0.29, 0.717) is 30.3 Å². The molecule has 0 unspecified atom stereocenters. The standard InChI is InChI=1S/C24H26N2O3/c1-18-22(28-2)15-14-21(23(18)29-3)25-24(27)26(16-19-10-6-4-7-11-19)17-20-12-8-5-9-13-20/h4-15H,16-17H2,1-3H3,(H,25,27). The monoisotopic (exact) mass is 390 g/mol. The Bertz CT molecular complexity index is 902. The average Bonchev–Trinajstić information content (AvgIpc) is 2.75. The number of hydrogen-bond acceptors (Lipinski definition) is 3. The van der Waals surface area contributed by atoms with E-state index in [1.165, 1.54) is 0 Å². The molecule has 5 heteroatoms. The van der Waals surface area contributed by atoms with Gasteiger partial charge in [0.05, 0.1) is 19.9 Å². The van der Waals surface area contributed by atoms with Crippen LogP contribution in [0.5, 0.6) is 11.5 Å². The number of benzene rings is 3. The first-order valence-electron chi connectivity index (χ1n) is 9.47. The van der Waals surface area contributed by atoms with Gasteiger partial charge in [0.1, 0.15) is 11.5 Å². The minimum Gasteiger partial charge on any atom is -0.496 e. The highest BCUT2D eigenvalue weighted by Gasteiger charge is 2.18. The molecular formula is C24H26N2O3. The third-order valence-electron chi connectivity index (χ3n) is 4.74. The predicted octanol–water partition coefficient (Wildman–Crippen LogP) is 5.25. The van der Waals surface area contributed by atoms with Gasteiger partial charge < -0.3 is 19.7 Å². The molecule has 0 radical (unpaired) electrons. The van der Waals surface area contributed by atoms with E-state index in [4.69, 9.17) is 9.47 Å². The zero-order valence-corrected chi connectivity index (χ0v) is 17.0. The lowest BCUT2D eigenvalue weighted by atomic mass is 10.1. The third kappa shape index (κ3) is 5.08. The molecule has 2 amide bonds. The lowest BCUT2D eigenvalue weighted by molar-refractivity contribution is 0.206. The molecule has 0 aliphatic rings. The normalized spacial score (nSPS) is 10.3. The van der Waals surface area contributed by atoms with Crippen molar-refractivity contribution >= 4 is 11.7 Å². The molecular weight excluding hydrogens is 364 g/mol. The van der Waals surface area contributed by atoms with E-state index >= 15 is 0 Å². The Kier molecular flexibility index (Phi) is 6.74. The Hall–Kier alpha value is -3.47. The molecule has 3 aromatic carbocycles. The van der Waals surface area contributed by atoms with Crippen molar-refractivity contribution in [1.82, 2.24) is 4.90 Å². The highest BCUT2D eigenvalue weighted by Crippen LogP contribution is 2.35. The number of amides is 2. The lowest BCUT2D eigenvalue weighted by Gasteiger charge is -2.24. The maximum atomic E-state index is 13.2. The van der Waals surface area contributed by atoms with Gasteiger partial charge in [0.15, 0.2) is 0 Å². The van der Waals surface area contributed by atoms with E-state index in [0.717, 1.165) is 16.7 Å². The van der Waals surface area contributed by atoms with Crippen LogP contribution < -0.4 is 14.8 Å². The van der Waals surface area contributed by atoms with Gasteiger partial charge in [0.25, 0.3) is 0 Å². The minimum atomic E-state index is -0.194. The van der Waals surface area contributed by atoms with Gasteiger partial charge in [-0.2, -0.15) is 0 Å². The summed E-state index contributed by atoms with van der Waals surface area (Å²) >= 11 is 0. The van der Waals surface area contributed by atoms with Crippen LogP contribution in [0.4, 0.5) is 10.5 Å². The van der Waals surface area contributed by atoms with Crippen molar-refractivity contribution in [3.8, 4) is 11.5 Å². The maximum Gasteiger partial charge on any atom is 0.322 e. The number of methoxy groups -OCH3 is 2. The van der Waals surface area contributed by atoms with Gasteiger partial charge in [-0.25, -0.2) is 4.79 Å². The minimum absolute atomic E-state index is 0.194. The van der Waals surface area contributed by atoms with Crippen molar-refractivity contribution in [1.29, 1.82) is 0 Å². The fraction of sp³-hybridized carbons (Fsp3) is 0.208. The van der Waals surface area contributed by atoms with Gasteiger partial charge in [-0.15, -0.1) is 0 Å². The molecule has 0 spiro atoms. The maximum absolute atomic E-state index is 13.2. The largest absolute Gasteiger partial charge is 0.496 e. The van der Waals surface area contributed by atoms with Gasteiger partial charge in [-0.05, 0) is 30.2 Å². The highest BCUT2D eigenvalue weighted by atomic mass is 16.5. The van der Waals surface area contributed by atoms with Crippen LogP contribution in [0, 0.1) is 6.92 Å². The molecule has 29 heavy (non-hydrogen) atoms. The van der Waals surface area contributed by atoms with Crippen LogP contribution in [0.1, 0.15) is 16.7 Å².